The van der Waals surface area contributed by atoms with Gasteiger partial charge >= 0.3 is 4.96 Å². The molecule has 2 aromatic carbocycles. The minimum atomic E-state index is 1.17. The van der Waals surface area contributed by atoms with Gasteiger partial charge in [-0.15, -0.1) is 0 Å². The lowest BCUT2D eigenvalue weighted by atomic mass is 10.1. The van der Waals surface area contributed by atoms with Crippen molar-refractivity contribution in [2.45, 2.75) is 13.8 Å². The van der Waals surface area contributed by atoms with Gasteiger partial charge < -0.3 is 0 Å². The topological polar surface area (TPSA) is 19.9 Å². The lowest BCUT2D eigenvalue weighted by molar-refractivity contribution is -0.475. The number of fused-ring (bicyclic) bond motifs is 3. The lowest BCUT2D eigenvalue weighted by Crippen LogP contribution is -2.14. The molecule has 0 amide bonds. The minimum absolute atomic E-state index is 1.17. The zero-order valence-electron chi connectivity index (χ0n) is 11.5. The molecule has 98 valence electrons. The maximum absolute atomic E-state index is 3.52. The highest BCUT2D eigenvalue weighted by Crippen LogP contribution is 2.25. The van der Waals surface area contributed by atoms with Crippen LogP contribution in [0.3, 0.4) is 0 Å². The molecule has 2 aromatic heterocycles. The van der Waals surface area contributed by atoms with Gasteiger partial charge in [0.1, 0.15) is 6.20 Å². The number of nitrogens with one attached hydrogen (secondary N) is 1. The molecular weight excluding hydrogens is 264 g/mol. The highest BCUT2D eigenvalue weighted by atomic mass is 32.1. The van der Waals surface area contributed by atoms with Gasteiger partial charge in [0, 0.05) is 5.56 Å². The first-order valence-electron chi connectivity index (χ1n) is 6.71. The average molecular weight is 279 g/mol. The van der Waals surface area contributed by atoms with Crippen LogP contribution in [0, 0.1) is 13.8 Å². The molecule has 0 atom stereocenters. The van der Waals surface area contributed by atoms with Crippen LogP contribution in [0.4, 0.5) is 0 Å². The van der Waals surface area contributed by atoms with Crippen LogP contribution in [0.25, 0.3) is 26.4 Å². The van der Waals surface area contributed by atoms with Crippen molar-refractivity contribution >= 4 is 26.5 Å². The third-order valence-electron chi connectivity index (χ3n) is 3.66. The van der Waals surface area contributed by atoms with E-state index in [9.17, 15) is 0 Å². The molecule has 0 unspecified atom stereocenters. The normalized spacial score (nSPS) is 11.5. The number of nitrogens with zero attached hydrogens (tertiary/aromatic N) is 1. The number of aryl methyl sites for hydroxylation is 2. The van der Waals surface area contributed by atoms with Gasteiger partial charge in [-0.05, 0) is 42.9 Å². The molecule has 4 aromatic rings. The molecule has 20 heavy (non-hydrogen) atoms. The Hall–Kier alpha value is -2.13. The van der Waals surface area contributed by atoms with Crippen LogP contribution in [0.5, 0.6) is 0 Å². The first kappa shape index (κ1) is 11.7. The van der Waals surface area contributed by atoms with Gasteiger partial charge in [-0.3, -0.25) is 0 Å². The molecule has 0 aliphatic carbocycles. The largest absolute Gasteiger partial charge is 0.344 e. The van der Waals surface area contributed by atoms with Crippen LogP contribution in [0.2, 0.25) is 0 Å². The maximum Gasteiger partial charge on any atom is 0.344 e. The number of hydrogen-bond acceptors (Lipinski definition) is 1. The van der Waals surface area contributed by atoms with Crippen LogP contribution in [-0.4, -0.2) is 4.98 Å². The van der Waals surface area contributed by atoms with Crippen LogP contribution in [0.15, 0.2) is 48.7 Å². The minimum Gasteiger partial charge on any atom is -0.227 e. The van der Waals surface area contributed by atoms with Crippen molar-refractivity contribution in [1.29, 1.82) is 0 Å². The van der Waals surface area contributed by atoms with Crippen molar-refractivity contribution in [1.82, 2.24) is 4.98 Å². The summed E-state index contributed by atoms with van der Waals surface area (Å²) in [4.78, 5) is 4.70. The van der Waals surface area contributed by atoms with Crippen molar-refractivity contribution in [2.24, 2.45) is 0 Å². The number of thiazole rings is 1. The quantitative estimate of drug-likeness (QED) is 0.503. The Morgan fingerprint density at radius 1 is 0.950 bits per heavy atom. The molecule has 0 saturated carbocycles. The second kappa shape index (κ2) is 4.18. The van der Waals surface area contributed by atoms with Crippen molar-refractivity contribution in [3.63, 3.8) is 0 Å². The Labute approximate surface area is 121 Å². The smallest absolute Gasteiger partial charge is 0.227 e. The first-order chi connectivity index (χ1) is 9.70. The fourth-order valence-corrected chi connectivity index (χ4v) is 3.67. The zero-order chi connectivity index (χ0) is 13.7. The molecule has 4 rings (SSSR count). The first-order valence-corrected chi connectivity index (χ1v) is 7.53. The molecule has 0 saturated heterocycles. The van der Waals surface area contributed by atoms with Crippen molar-refractivity contribution < 1.29 is 4.40 Å². The second-order valence-electron chi connectivity index (χ2n) is 5.28. The molecular formula is C17H15N2S+. The van der Waals surface area contributed by atoms with Crippen LogP contribution in [0.1, 0.15) is 11.1 Å². The Bertz CT molecular complexity index is 913. The summed E-state index contributed by atoms with van der Waals surface area (Å²) >= 11 is 1.80. The van der Waals surface area contributed by atoms with Gasteiger partial charge in [-0.2, -0.15) is 4.40 Å². The van der Waals surface area contributed by atoms with E-state index in [-0.39, 0.29) is 0 Å². The summed E-state index contributed by atoms with van der Waals surface area (Å²) < 4.78 is 3.57. The Morgan fingerprint density at radius 3 is 2.50 bits per heavy atom. The van der Waals surface area contributed by atoms with Crippen molar-refractivity contribution in [3.8, 4) is 11.3 Å². The summed E-state index contributed by atoms with van der Waals surface area (Å²) in [6, 6.07) is 15.2. The summed E-state index contributed by atoms with van der Waals surface area (Å²) in [5.74, 6) is 0. The number of aromatic amines is 1. The van der Waals surface area contributed by atoms with E-state index in [1.165, 1.54) is 37.6 Å². The van der Waals surface area contributed by atoms with E-state index >= 15 is 0 Å². The Morgan fingerprint density at radius 2 is 1.70 bits per heavy atom. The fraction of sp³-hybridized carbons (Fsp3) is 0.118. The second-order valence-corrected chi connectivity index (χ2v) is 6.31. The van der Waals surface area contributed by atoms with E-state index in [2.05, 4.69) is 71.9 Å². The summed E-state index contributed by atoms with van der Waals surface area (Å²) in [6.07, 6.45) is 2.19. The van der Waals surface area contributed by atoms with Gasteiger partial charge in [0.25, 0.3) is 0 Å². The van der Waals surface area contributed by atoms with Gasteiger partial charge in [-0.1, -0.05) is 35.9 Å². The van der Waals surface area contributed by atoms with E-state index in [1.807, 2.05) is 0 Å². The predicted octanol–water partition coefficient (Wildman–Crippen LogP) is 4.25. The third kappa shape index (κ3) is 1.74. The van der Waals surface area contributed by atoms with E-state index < -0.39 is 0 Å². The molecule has 2 heterocycles. The van der Waals surface area contributed by atoms with Gasteiger partial charge in [0.05, 0.1) is 4.70 Å². The number of aromatic nitrogens is 2. The van der Waals surface area contributed by atoms with Gasteiger partial charge in [-0.25, -0.2) is 4.98 Å². The van der Waals surface area contributed by atoms with E-state index in [0.29, 0.717) is 0 Å². The molecule has 0 aliphatic rings. The highest BCUT2D eigenvalue weighted by Gasteiger charge is 2.16. The van der Waals surface area contributed by atoms with Crippen LogP contribution in [-0.2, 0) is 0 Å². The number of imidazole rings is 1. The van der Waals surface area contributed by atoms with Crippen LogP contribution < -0.4 is 4.40 Å². The van der Waals surface area contributed by atoms with E-state index in [4.69, 9.17) is 0 Å². The zero-order valence-corrected chi connectivity index (χ0v) is 12.3. The standard InChI is InChI=1S/C17H14N2S/c1-11-3-6-13(7-4-11)14-10-19-15-8-5-12(2)9-16(15)20-17(19)18-14/h3-10H,1-2H3/p+1. The Kier molecular flexibility index (Phi) is 2.44. The van der Waals surface area contributed by atoms with Gasteiger partial charge in [0.15, 0.2) is 11.2 Å². The molecule has 3 heteroatoms. The number of H-pyrrole nitrogens is 1. The summed E-state index contributed by atoms with van der Waals surface area (Å²) in [5, 5.41) is 0. The number of benzene rings is 2. The summed E-state index contributed by atoms with van der Waals surface area (Å²) in [6.45, 7) is 4.25. The molecule has 0 spiro atoms. The van der Waals surface area contributed by atoms with Gasteiger partial charge in [0.2, 0.25) is 0 Å². The summed E-state index contributed by atoms with van der Waals surface area (Å²) in [5.41, 5.74) is 6.26. The Balaban J connectivity index is 1.93. The SMILES string of the molecule is Cc1ccc(-c2c[n+]3c([nH]2)sc2cc(C)ccc23)cc1. The maximum atomic E-state index is 3.52. The monoisotopic (exact) mass is 279 g/mol. The molecule has 0 fully saturated rings. The molecule has 0 aliphatic heterocycles. The fourth-order valence-electron chi connectivity index (χ4n) is 2.54. The van der Waals surface area contributed by atoms with Crippen molar-refractivity contribution in [2.75, 3.05) is 0 Å². The molecule has 2 nitrogen and oxygen atoms in total. The lowest BCUT2D eigenvalue weighted by Gasteiger charge is -1.94. The number of rotatable bonds is 1. The number of hydrogen-bond donors (Lipinski definition) is 1. The molecule has 0 bridgehead atoms. The van der Waals surface area contributed by atoms with Crippen molar-refractivity contribution in [3.05, 3.63) is 59.8 Å². The highest BCUT2D eigenvalue weighted by molar-refractivity contribution is 7.22. The average Bonchev–Trinajstić information content (AvgIpc) is 2.96. The summed E-state index contributed by atoms with van der Waals surface area (Å²) in [7, 11) is 0. The van der Waals surface area contributed by atoms with E-state index in [1.54, 1.807) is 11.3 Å². The molecule has 1 N–H and O–H groups in total. The van der Waals surface area contributed by atoms with Crippen LogP contribution >= 0.6 is 11.3 Å². The predicted molar refractivity (Wildman–Crippen MR) is 84.2 cm³/mol. The van der Waals surface area contributed by atoms with E-state index in [0.717, 1.165) is 0 Å². The molecule has 0 radical (unpaired) electrons. The third-order valence-corrected chi connectivity index (χ3v) is 4.70.